The van der Waals surface area contributed by atoms with Gasteiger partial charge in [0.25, 0.3) is 5.56 Å². The summed E-state index contributed by atoms with van der Waals surface area (Å²) < 4.78 is 0. The first-order valence-electron chi connectivity index (χ1n) is 6.10. The highest BCUT2D eigenvalue weighted by atomic mass is 35.5. The van der Waals surface area contributed by atoms with E-state index in [1.807, 2.05) is 0 Å². The summed E-state index contributed by atoms with van der Waals surface area (Å²) in [6.07, 6.45) is 7.00. The first-order chi connectivity index (χ1) is 7.69. The topological polar surface area (TPSA) is 71.8 Å². The van der Waals surface area contributed by atoms with E-state index in [1.165, 1.54) is 0 Å². The number of fused-ring (bicyclic) bond motifs is 1. The molecular weight excluding hydrogens is 238 g/mol. The molecule has 3 rings (SSSR count). The third kappa shape index (κ3) is 2.00. The molecule has 1 heterocycles. The predicted molar refractivity (Wildman–Crippen MR) is 68.5 cm³/mol. The van der Waals surface area contributed by atoms with Crippen molar-refractivity contribution in [2.75, 3.05) is 0 Å². The van der Waals surface area contributed by atoms with Crippen LogP contribution in [0.2, 0.25) is 0 Å². The highest BCUT2D eigenvalue weighted by Crippen LogP contribution is 2.34. The highest BCUT2D eigenvalue weighted by Gasteiger charge is 2.34. The molecule has 0 radical (unpaired) electrons. The van der Waals surface area contributed by atoms with E-state index in [0.717, 1.165) is 62.0 Å². The summed E-state index contributed by atoms with van der Waals surface area (Å²) in [4.78, 5) is 19.4. The average molecular weight is 256 g/mol. The lowest BCUT2D eigenvalue weighted by Crippen LogP contribution is -2.37. The Balaban J connectivity index is 0.00000108. The zero-order chi connectivity index (χ0) is 11.2. The van der Waals surface area contributed by atoms with Gasteiger partial charge in [-0.15, -0.1) is 12.4 Å². The van der Waals surface area contributed by atoms with Crippen molar-refractivity contribution in [3.63, 3.8) is 0 Å². The highest BCUT2D eigenvalue weighted by molar-refractivity contribution is 5.85. The first-order valence-corrected chi connectivity index (χ1v) is 6.10. The van der Waals surface area contributed by atoms with E-state index < -0.39 is 0 Å². The molecule has 1 fully saturated rings. The number of halogens is 1. The number of nitrogens with two attached hydrogens (primary N) is 1. The summed E-state index contributed by atoms with van der Waals surface area (Å²) in [6.45, 7) is 0. The smallest absolute Gasteiger partial charge is 0.254 e. The molecule has 3 N–H and O–H groups in total. The maximum Gasteiger partial charge on any atom is 0.254 e. The normalized spacial score (nSPS) is 21.0. The molecule has 0 saturated heterocycles. The van der Waals surface area contributed by atoms with Gasteiger partial charge in [0, 0.05) is 5.56 Å². The van der Waals surface area contributed by atoms with Crippen LogP contribution in [0.25, 0.3) is 0 Å². The fourth-order valence-electron chi connectivity index (χ4n) is 2.92. The van der Waals surface area contributed by atoms with E-state index in [-0.39, 0.29) is 23.5 Å². The van der Waals surface area contributed by atoms with Crippen molar-refractivity contribution in [2.24, 2.45) is 5.73 Å². The Morgan fingerprint density at radius 1 is 1.18 bits per heavy atom. The van der Waals surface area contributed by atoms with E-state index in [4.69, 9.17) is 5.73 Å². The van der Waals surface area contributed by atoms with Crippen molar-refractivity contribution in [3.8, 4) is 0 Å². The van der Waals surface area contributed by atoms with E-state index in [0.29, 0.717) is 0 Å². The van der Waals surface area contributed by atoms with Gasteiger partial charge in [-0.3, -0.25) is 4.79 Å². The van der Waals surface area contributed by atoms with Crippen molar-refractivity contribution in [1.29, 1.82) is 0 Å². The van der Waals surface area contributed by atoms with Gasteiger partial charge in [0.15, 0.2) is 0 Å². The molecule has 2 aliphatic rings. The van der Waals surface area contributed by atoms with Gasteiger partial charge in [-0.1, -0.05) is 12.8 Å². The number of aromatic nitrogens is 2. The van der Waals surface area contributed by atoms with E-state index in [1.54, 1.807) is 0 Å². The van der Waals surface area contributed by atoms with Crippen LogP contribution >= 0.6 is 12.4 Å². The number of nitrogens with zero attached hydrogens (tertiary/aromatic N) is 1. The fraction of sp³-hybridized carbons (Fsp3) is 0.667. The molecule has 1 aromatic rings. The number of nitrogens with one attached hydrogen (secondary N) is 1. The van der Waals surface area contributed by atoms with Crippen LogP contribution in [-0.4, -0.2) is 9.97 Å². The molecule has 0 atom stereocenters. The van der Waals surface area contributed by atoms with Crippen LogP contribution in [0.3, 0.4) is 0 Å². The van der Waals surface area contributed by atoms with Gasteiger partial charge in [0.2, 0.25) is 0 Å². The lowest BCUT2D eigenvalue weighted by molar-refractivity contribution is 0.428. The first kappa shape index (κ1) is 12.6. The lowest BCUT2D eigenvalue weighted by atomic mass is 9.98. The minimum Gasteiger partial charge on any atom is -0.319 e. The van der Waals surface area contributed by atoms with Gasteiger partial charge in [-0.2, -0.15) is 0 Å². The van der Waals surface area contributed by atoms with Crippen LogP contribution in [-0.2, 0) is 18.4 Å². The predicted octanol–water partition coefficient (Wildman–Crippen LogP) is 1.41. The number of hydrogen-bond donors (Lipinski definition) is 2. The quantitative estimate of drug-likeness (QED) is 0.797. The molecule has 5 heteroatoms. The monoisotopic (exact) mass is 255 g/mol. The average Bonchev–Trinajstić information content (AvgIpc) is 2.86. The molecule has 1 saturated carbocycles. The van der Waals surface area contributed by atoms with Crippen molar-refractivity contribution in [3.05, 3.63) is 27.4 Å². The number of aryl methyl sites for hydroxylation is 1. The minimum atomic E-state index is -0.378. The number of aromatic amines is 1. The summed E-state index contributed by atoms with van der Waals surface area (Å²) in [6, 6.07) is 0. The molecule has 2 aliphatic carbocycles. The van der Waals surface area contributed by atoms with Crippen molar-refractivity contribution in [2.45, 2.75) is 50.5 Å². The Morgan fingerprint density at radius 3 is 2.59 bits per heavy atom. The molecule has 94 valence electrons. The van der Waals surface area contributed by atoms with Gasteiger partial charge in [0.1, 0.15) is 5.82 Å². The second-order valence-electron chi connectivity index (χ2n) is 5.06. The summed E-state index contributed by atoms with van der Waals surface area (Å²) in [5.74, 6) is 0.718. The molecule has 0 amide bonds. The molecule has 0 unspecified atom stereocenters. The van der Waals surface area contributed by atoms with Gasteiger partial charge in [-0.05, 0) is 32.1 Å². The molecule has 4 nitrogen and oxygen atoms in total. The van der Waals surface area contributed by atoms with E-state index in [2.05, 4.69) is 9.97 Å². The van der Waals surface area contributed by atoms with Crippen LogP contribution in [0.1, 0.15) is 49.2 Å². The number of H-pyrrole nitrogens is 1. The van der Waals surface area contributed by atoms with Gasteiger partial charge in [0.05, 0.1) is 11.2 Å². The van der Waals surface area contributed by atoms with Crippen molar-refractivity contribution in [1.82, 2.24) is 9.97 Å². The largest absolute Gasteiger partial charge is 0.319 e. The molecule has 0 aromatic carbocycles. The molecule has 1 aromatic heterocycles. The van der Waals surface area contributed by atoms with Crippen LogP contribution in [0, 0.1) is 0 Å². The lowest BCUT2D eigenvalue weighted by Gasteiger charge is -2.22. The standard InChI is InChI=1S/C12H17N3O.ClH/c13-12(6-1-2-7-12)11-14-9-5-3-4-8(9)10(16)15-11;/h1-7,13H2,(H,14,15,16);1H. The van der Waals surface area contributed by atoms with Crippen molar-refractivity contribution < 1.29 is 0 Å². The van der Waals surface area contributed by atoms with Crippen LogP contribution in [0.4, 0.5) is 0 Å². The Kier molecular flexibility index (Phi) is 3.27. The van der Waals surface area contributed by atoms with Crippen molar-refractivity contribution >= 4 is 12.4 Å². The maximum atomic E-state index is 11.9. The summed E-state index contributed by atoms with van der Waals surface area (Å²) >= 11 is 0. The second-order valence-corrected chi connectivity index (χ2v) is 5.06. The summed E-state index contributed by atoms with van der Waals surface area (Å²) in [5, 5.41) is 0. The van der Waals surface area contributed by atoms with Crippen LogP contribution in [0.15, 0.2) is 4.79 Å². The van der Waals surface area contributed by atoms with Crippen LogP contribution in [0.5, 0.6) is 0 Å². The Bertz CT molecular complexity index is 477. The van der Waals surface area contributed by atoms with E-state index >= 15 is 0 Å². The number of rotatable bonds is 1. The fourth-order valence-corrected chi connectivity index (χ4v) is 2.92. The maximum absolute atomic E-state index is 11.9. The molecular formula is C12H18ClN3O. The van der Waals surface area contributed by atoms with Crippen LogP contribution < -0.4 is 11.3 Å². The zero-order valence-electron chi connectivity index (χ0n) is 9.79. The van der Waals surface area contributed by atoms with Gasteiger partial charge in [-0.25, -0.2) is 4.98 Å². The SMILES string of the molecule is Cl.NC1(c2nc3c(c(=O)[nH]2)CCC3)CCCC1. The Hall–Kier alpha value is -0.870. The molecule has 0 aliphatic heterocycles. The summed E-state index contributed by atoms with van der Waals surface area (Å²) in [5.41, 5.74) is 7.83. The molecule has 0 bridgehead atoms. The minimum absolute atomic E-state index is 0. The summed E-state index contributed by atoms with van der Waals surface area (Å²) in [7, 11) is 0. The third-order valence-corrected chi connectivity index (χ3v) is 3.91. The molecule has 0 spiro atoms. The van der Waals surface area contributed by atoms with Gasteiger partial charge < -0.3 is 10.7 Å². The Labute approximate surface area is 106 Å². The third-order valence-electron chi connectivity index (χ3n) is 3.91. The van der Waals surface area contributed by atoms with Gasteiger partial charge >= 0.3 is 0 Å². The zero-order valence-corrected chi connectivity index (χ0v) is 10.6. The Morgan fingerprint density at radius 2 is 1.88 bits per heavy atom. The van der Waals surface area contributed by atoms with E-state index in [9.17, 15) is 4.79 Å². The molecule has 17 heavy (non-hydrogen) atoms. The number of hydrogen-bond acceptors (Lipinski definition) is 3. The second kappa shape index (κ2) is 4.42.